The average Bonchev–Trinajstić information content (AvgIpc) is 3.27. The SMILES string of the molecule is COCc1cnc(-c2cc(C(=O)N3CCC(F)(c4ccc(N)cc4)CC3)c(C)cc2C2CCC2)[nH]1. The summed E-state index contributed by atoms with van der Waals surface area (Å²) in [5.74, 6) is 1.20. The third kappa shape index (κ3) is 4.57. The number of halogens is 1. The molecule has 1 aromatic heterocycles. The number of nitrogens with two attached hydrogens (primary N) is 1. The Kier molecular flexibility index (Phi) is 6.36. The number of hydrogen-bond donors (Lipinski definition) is 2. The Balaban J connectivity index is 1.40. The maximum absolute atomic E-state index is 15.7. The number of nitrogens with zero attached hydrogens (tertiary/aromatic N) is 2. The molecule has 0 unspecified atom stereocenters. The van der Waals surface area contributed by atoms with Crippen molar-refractivity contribution in [2.45, 2.75) is 57.2 Å². The Morgan fingerprint density at radius 2 is 1.94 bits per heavy atom. The molecule has 2 aliphatic rings. The van der Waals surface area contributed by atoms with E-state index in [1.807, 2.05) is 13.0 Å². The molecule has 2 heterocycles. The summed E-state index contributed by atoms with van der Waals surface area (Å²) in [6, 6.07) is 11.1. The number of ether oxygens (including phenoxy) is 1. The highest BCUT2D eigenvalue weighted by molar-refractivity contribution is 5.97. The van der Waals surface area contributed by atoms with Crippen molar-refractivity contribution in [3.63, 3.8) is 0 Å². The van der Waals surface area contributed by atoms with E-state index in [9.17, 15) is 4.79 Å². The molecule has 0 radical (unpaired) electrons. The molecule has 35 heavy (non-hydrogen) atoms. The number of rotatable bonds is 6. The Morgan fingerprint density at radius 3 is 2.57 bits per heavy atom. The maximum Gasteiger partial charge on any atom is 0.254 e. The summed E-state index contributed by atoms with van der Waals surface area (Å²) < 4.78 is 20.9. The highest BCUT2D eigenvalue weighted by atomic mass is 19.1. The van der Waals surface area contributed by atoms with Crippen LogP contribution in [0, 0.1) is 6.92 Å². The quantitative estimate of drug-likeness (QED) is 0.461. The fourth-order valence-corrected chi connectivity index (χ4v) is 5.25. The molecule has 0 bridgehead atoms. The lowest BCUT2D eigenvalue weighted by Crippen LogP contribution is -2.43. The molecular weight excluding hydrogens is 443 g/mol. The molecule has 2 fully saturated rings. The standard InChI is InChI=1S/C28H33FN4O2/c1-18-14-24(19-4-3-5-19)25(26-31-16-22(32-26)17-35-2)15-23(18)27(34)33-12-10-28(29,11-13-33)20-6-8-21(30)9-7-20/h6-9,14-16,19H,3-5,10-13,17,30H2,1-2H3,(H,31,32). The minimum absolute atomic E-state index is 0.0491. The number of aryl methyl sites for hydroxylation is 1. The Bertz CT molecular complexity index is 1210. The van der Waals surface area contributed by atoms with Gasteiger partial charge in [-0.3, -0.25) is 4.79 Å². The van der Waals surface area contributed by atoms with Crippen LogP contribution in [0.3, 0.4) is 0 Å². The fourth-order valence-electron chi connectivity index (χ4n) is 5.25. The van der Waals surface area contributed by atoms with Gasteiger partial charge in [0.2, 0.25) is 0 Å². The molecule has 7 heteroatoms. The van der Waals surface area contributed by atoms with Crippen LogP contribution in [0.5, 0.6) is 0 Å². The van der Waals surface area contributed by atoms with Crippen molar-refractivity contribution >= 4 is 11.6 Å². The van der Waals surface area contributed by atoms with Crippen LogP contribution in [0.25, 0.3) is 11.4 Å². The smallest absolute Gasteiger partial charge is 0.254 e. The van der Waals surface area contributed by atoms with E-state index in [0.29, 0.717) is 42.4 Å². The van der Waals surface area contributed by atoms with Crippen molar-refractivity contribution in [2.24, 2.45) is 0 Å². The van der Waals surface area contributed by atoms with Crippen LogP contribution in [-0.2, 0) is 17.0 Å². The van der Waals surface area contributed by atoms with E-state index in [1.54, 1.807) is 42.5 Å². The van der Waals surface area contributed by atoms with Crippen molar-refractivity contribution < 1.29 is 13.9 Å². The van der Waals surface area contributed by atoms with Gasteiger partial charge in [-0.2, -0.15) is 0 Å². The zero-order valence-corrected chi connectivity index (χ0v) is 20.4. The van der Waals surface area contributed by atoms with Crippen molar-refractivity contribution in [3.8, 4) is 11.4 Å². The maximum atomic E-state index is 15.7. The van der Waals surface area contributed by atoms with E-state index in [2.05, 4.69) is 16.0 Å². The molecule has 1 amide bonds. The summed E-state index contributed by atoms with van der Waals surface area (Å²) in [5, 5.41) is 0. The molecule has 1 aliphatic heterocycles. The van der Waals surface area contributed by atoms with Crippen LogP contribution in [0.15, 0.2) is 42.6 Å². The van der Waals surface area contributed by atoms with E-state index in [-0.39, 0.29) is 18.7 Å². The lowest BCUT2D eigenvalue weighted by Gasteiger charge is -2.37. The summed E-state index contributed by atoms with van der Waals surface area (Å²) >= 11 is 0. The number of imidazole rings is 1. The number of likely N-dealkylation sites (tertiary alicyclic amines) is 1. The van der Waals surface area contributed by atoms with E-state index in [4.69, 9.17) is 10.5 Å². The number of carbonyl (C=O) groups is 1. The first kappa shape index (κ1) is 23.5. The molecule has 0 spiro atoms. The predicted molar refractivity (Wildman–Crippen MR) is 135 cm³/mol. The minimum Gasteiger partial charge on any atom is -0.399 e. The van der Waals surface area contributed by atoms with E-state index in [1.165, 1.54) is 12.0 Å². The van der Waals surface area contributed by atoms with Gasteiger partial charge in [-0.15, -0.1) is 0 Å². The predicted octanol–water partition coefficient (Wildman–Crippen LogP) is 5.48. The zero-order valence-electron chi connectivity index (χ0n) is 20.4. The first-order valence-corrected chi connectivity index (χ1v) is 12.4. The van der Waals surface area contributed by atoms with Gasteiger partial charge in [-0.05, 0) is 60.6 Å². The van der Waals surface area contributed by atoms with Gasteiger partial charge in [-0.1, -0.05) is 24.6 Å². The summed E-state index contributed by atoms with van der Waals surface area (Å²) in [5.41, 5.74) is 10.3. The van der Waals surface area contributed by atoms with Gasteiger partial charge in [0.05, 0.1) is 18.5 Å². The number of benzene rings is 2. The Morgan fingerprint density at radius 1 is 1.23 bits per heavy atom. The number of piperidine rings is 1. The second kappa shape index (κ2) is 9.46. The van der Waals surface area contributed by atoms with Crippen LogP contribution < -0.4 is 5.73 Å². The molecule has 1 saturated heterocycles. The molecule has 2 aromatic carbocycles. The fraction of sp³-hybridized carbons (Fsp3) is 0.429. The Hall–Kier alpha value is -3.19. The van der Waals surface area contributed by atoms with Gasteiger partial charge in [0, 0.05) is 49.9 Å². The largest absolute Gasteiger partial charge is 0.399 e. The molecular formula is C28H33FN4O2. The van der Waals surface area contributed by atoms with Crippen LogP contribution >= 0.6 is 0 Å². The van der Waals surface area contributed by atoms with E-state index in [0.717, 1.165) is 35.5 Å². The number of nitrogen functional groups attached to an aromatic ring is 1. The number of aromatic nitrogens is 2. The number of carbonyl (C=O) groups excluding carboxylic acids is 1. The molecule has 3 aromatic rings. The van der Waals surface area contributed by atoms with Crippen molar-refractivity contribution in [1.29, 1.82) is 0 Å². The normalized spacial score (nSPS) is 17.9. The first-order valence-electron chi connectivity index (χ1n) is 12.4. The number of amides is 1. The second-order valence-electron chi connectivity index (χ2n) is 9.95. The summed E-state index contributed by atoms with van der Waals surface area (Å²) in [7, 11) is 1.65. The second-order valence-corrected chi connectivity index (χ2v) is 9.95. The molecule has 1 aliphatic carbocycles. The van der Waals surface area contributed by atoms with Gasteiger partial charge in [-0.25, -0.2) is 9.37 Å². The van der Waals surface area contributed by atoms with Gasteiger partial charge in [0.25, 0.3) is 5.91 Å². The van der Waals surface area contributed by atoms with Crippen molar-refractivity contribution in [3.05, 3.63) is 70.5 Å². The molecule has 6 nitrogen and oxygen atoms in total. The number of anilines is 1. The summed E-state index contributed by atoms with van der Waals surface area (Å²) in [4.78, 5) is 23.3. The van der Waals surface area contributed by atoms with E-state index < -0.39 is 5.67 Å². The van der Waals surface area contributed by atoms with Gasteiger partial charge < -0.3 is 20.4 Å². The number of alkyl halides is 1. The lowest BCUT2D eigenvalue weighted by atomic mass is 9.77. The van der Waals surface area contributed by atoms with E-state index >= 15 is 4.39 Å². The van der Waals surface area contributed by atoms with Crippen LogP contribution in [-0.4, -0.2) is 41.0 Å². The highest BCUT2D eigenvalue weighted by Crippen LogP contribution is 2.42. The van der Waals surface area contributed by atoms with Crippen LogP contribution in [0.1, 0.15) is 70.8 Å². The van der Waals surface area contributed by atoms with Crippen LogP contribution in [0.2, 0.25) is 0 Å². The zero-order chi connectivity index (χ0) is 24.6. The topological polar surface area (TPSA) is 84.2 Å². The monoisotopic (exact) mass is 476 g/mol. The number of hydrogen-bond acceptors (Lipinski definition) is 4. The van der Waals surface area contributed by atoms with Gasteiger partial charge in [0.15, 0.2) is 0 Å². The molecule has 1 saturated carbocycles. The highest BCUT2D eigenvalue weighted by Gasteiger charge is 2.38. The third-order valence-electron chi connectivity index (χ3n) is 7.63. The Labute approximate surface area is 205 Å². The first-order chi connectivity index (χ1) is 16.9. The number of nitrogens with one attached hydrogen (secondary N) is 1. The van der Waals surface area contributed by atoms with Crippen molar-refractivity contribution in [1.82, 2.24) is 14.9 Å². The molecule has 3 N–H and O–H groups in total. The van der Waals surface area contributed by atoms with Gasteiger partial charge in [0.1, 0.15) is 11.5 Å². The number of H-pyrrole nitrogens is 1. The lowest BCUT2D eigenvalue weighted by molar-refractivity contribution is 0.0421. The van der Waals surface area contributed by atoms with Gasteiger partial charge >= 0.3 is 0 Å². The molecule has 184 valence electrons. The third-order valence-corrected chi connectivity index (χ3v) is 7.63. The van der Waals surface area contributed by atoms with Crippen LogP contribution in [0.4, 0.5) is 10.1 Å². The average molecular weight is 477 g/mol. The number of methoxy groups -OCH3 is 1. The summed E-state index contributed by atoms with van der Waals surface area (Å²) in [6.45, 7) is 3.20. The molecule has 0 atom stereocenters. The summed E-state index contributed by atoms with van der Waals surface area (Å²) in [6.07, 6.45) is 5.86. The molecule has 5 rings (SSSR count). The van der Waals surface area contributed by atoms with Crippen molar-refractivity contribution in [2.75, 3.05) is 25.9 Å². The minimum atomic E-state index is -1.44. The number of aromatic amines is 1.